The van der Waals surface area contributed by atoms with Crippen LogP contribution in [0.25, 0.3) is 0 Å². The van der Waals surface area contributed by atoms with Gasteiger partial charge in [-0.1, -0.05) is 33.6 Å². The van der Waals surface area contributed by atoms with Gasteiger partial charge in [-0.15, -0.1) is 31.4 Å². The van der Waals surface area contributed by atoms with E-state index in [1.807, 2.05) is 12.1 Å². The molecule has 0 bridgehead atoms. The van der Waals surface area contributed by atoms with Crippen molar-refractivity contribution in [1.82, 2.24) is 10.2 Å². The molecule has 0 aromatic heterocycles. The zero-order valence-corrected chi connectivity index (χ0v) is 16.2. The highest BCUT2D eigenvalue weighted by molar-refractivity contribution is 9.10. The van der Waals surface area contributed by atoms with Gasteiger partial charge < -0.3 is 10.4 Å². The Morgan fingerprint density at radius 3 is 2.59 bits per heavy atom. The summed E-state index contributed by atoms with van der Waals surface area (Å²) in [5.74, 6) is 0.189. The lowest BCUT2D eigenvalue weighted by atomic mass is 9.98. The van der Waals surface area contributed by atoms with Crippen LogP contribution in [0.4, 0.5) is 0 Å². The van der Waals surface area contributed by atoms with E-state index >= 15 is 0 Å². The van der Waals surface area contributed by atoms with Crippen molar-refractivity contribution in [3.8, 4) is 5.75 Å². The summed E-state index contributed by atoms with van der Waals surface area (Å²) < 4.78 is 0.909. The van der Waals surface area contributed by atoms with Crippen LogP contribution in [0.1, 0.15) is 24.4 Å². The number of aromatic hydroxyl groups is 1. The highest BCUT2D eigenvalue weighted by Crippen LogP contribution is 2.41. The first-order valence-corrected chi connectivity index (χ1v) is 8.04. The van der Waals surface area contributed by atoms with Gasteiger partial charge >= 0.3 is 0 Å². The van der Waals surface area contributed by atoms with Gasteiger partial charge in [-0.2, -0.15) is 0 Å². The third kappa shape index (κ3) is 5.29. The largest absolute Gasteiger partial charge is 0.506 e. The van der Waals surface area contributed by atoms with Crippen LogP contribution >= 0.6 is 52.3 Å². The van der Waals surface area contributed by atoms with Crippen molar-refractivity contribution >= 4 is 52.3 Å². The van der Waals surface area contributed by atoms with Crippen LogP contribution in [0, 0.1) is 0 Å². The third-order valence-electron chi connectivity index (χ3n) is 3.68. The van der Waals surface area contributed by atoms with Crippen LogP contribution in [-0.2, 0) is 0 Å². The second kappa shape index (κ2) is 10.7. The van der Waals surface area contributed by atoms with E-state index in [1.54, 1.807) is 6.07 Å². The van der Waals surface area contributed by atoms with Gasteiger partial charge in [-0.05, 0) is 25.0 Å². The average Bonchev–Trinajstić information content (AvgIpc) is 2.47. The molecule has 1 saturated heterocycles. The minimum atomic E-state index is 0. The van der Waals surface area contributed by atoms with Gasteiger partial charge in [0.05, 0.1) is 5.02 Å². The van der Waals surface area contributed by atoms with E-state index in [4.69, 9.17) is 11.6 Å². The molecule has 1 aliphatic rings. The molecule has 0 saturated carbocycles. The molecule has 22 heavy (non-hydrogen) atoms. The minimum Gasteiger partial charge on any atom is -0.506 e. The second-order valence-corrected chi connectivity index (χ2v) is 6.22. The van der Waals surface area contributed by atoms with Crippen molar-refractivity contribution in [2.75, 3.05) is 26.2 Å². The monoisotopic (exact) mass is 430 g/mol. The number of nitrogens with zero attached hydrogens (tertiary/aromatic N) is 1. The smallest absolute Gasteiger partial charge is 0.140 e. The predicted octanol–water partition coefficient (Wildman–Crippen LogP) is 4.56. The molecule has 0 radical (unpaired) electrons. The van der Waals surface area contributed by atoms with Crippen LogP contribution in [-0.4, -0.2) is 36.2 Å². The Morgan fingerprint density at radius 2 is 2.00 bits per heavy atom. The van der Waals surface area contributed by atoms with Crippen molar-refractivity contribution in [3.05, 3.63) is 39.8 Å². The molecule has 1 aromatic carbocycles. The molecule has 7 heteroatoms. The number of nitrogens with one attached hydrogen (secondary N) is 1. The van der Waals surface area contributed by atoms with Gasteiger partial charge in [0, 0.05) is 42.3 Å². The quantitative estimate of drug-likeness (QED) is 0.670. The van der Waals surface area contributed by atoms with Crippen LogP contribution in [0.15, 0.2) is 29.3 Å². The molecule has 1 aromatic rings. The maximum atomic E-state index is 10.3. The van der Waals surface area contributed by atoms with Crippen LogP contribution in [0.2, 0.25) is 5.02 Å². The number of rotatable bonds is 5. The number of hydrogen-bond acceptors (Lipinski definition) is 3. The number of halogens is 4. The standard InChI is InChI=1S/C15H20BrClN2O.2ClH/c1-2-3-4-13(19-9-7-18-8-10-19)14-11(16)5-6-12(17)15(14)20;;/h2,5-6,13,18,20H,1,3-4,7-10H2;2*1H/t13-;;/m0../s1. The summed E-state index contributed by atoms with van der Waals surface area (Å²) in [6.45, 7) is 7.70. The summed E-state index contributed by atoms with van der Waals surface area (Å²) in [6.07, 6.45) is 3.76. The molecule has 1 atom stereocenters. The van der Waals surface area contributed by atoms with E-state index < -0.39 is 0 Å². The molecule has 126 valence electrons. The van der Waals surface area contributed by atoms with Gasteiger partial charge in [0.2, 0.25) is 0 Å². The molecular weight excluding hydrogens is 410 g/mol. The highest BCUT2D eigenvalue weighted by Gasteiger charge is 2.26. The molecule has 2 rings (SSSR count). The van der Waals surface area contributed by atoms with Gasteiger partial charge in [0.1, 0.15) is 5.75 Å². The van der Waals surface area contributed by atoms with E-state index in [0.717, 1.165) is 49.1 Å². The Hall–Kier alpha value is 0.0300. The molecule has 1 fully saturated rings. The molecule has 1 aliphatic heterocycles. The summed E-state index contributed by atoms with van der Waals surface area (Å²) >= 11 is 9.63. The second-order valence-electron chi connectivity index (χ2n) is 4.96. The van der Waals surface area contributed by atoms with Crippen molar-refractivity contribution in [3.63, 3.8) is 0 Å². The van der Waals surface area contributed by atoms with Crippen molar-refractivity contribution in [2.24, 2.45) is 0 Å². The maximum absolute atomic E-state index is 10.3. The number of phenols is 1. The number of piperazine rings is 1. The fraction of sp³-hybridized carbons (Fsp3) is 0.467. The number of hydrogen-bond donors (Lipinski definition) is 2. The van der Waals surface area contributed by atoms with E-state index in [0.29, 0.717) is 5.02 Å². The minimum absolute atomic E-state index is 0. The first-order chi connectivity index (χ1) is 9.65. The SMILES string of the molecule is C=CCC[C@@H](c1c(Br)ccc(Cl)c1O)N1CCNCC1.Cl.Cl. The number of benzene rings is 1. The fourth-order valence-corrected chi connectivity index (χ4v) is 3.40. The fourth-order valence-electron chi connectivity index (χ4n) is 2.65. The highest BCUT2D eigenvalue weighted by atomic mass is 79.9. The van der Waals surface area contributed by atoms with E-state index in [9.17, 15) is 5.11 Å². The van der Waals surface area contributed by atoms with Crippen LogP contribution in [0.5, 0.6) is 5.75 Å². The number of phenolic OH excluding ortho intramolecular Hbond substituents is 1. The van der Waals surface area contributed by atoms with E-state index in [1.165, 1.54) is 0 Å². The lowest BCUT2D eigenvalue weighted by Crippen LogP contribution is -2.45. The summed E-state index contributed by atoms with van der Waals surface area (Å²) in [5.41, 5.74) is 0.890. The molecule has 0 unspecified atom stereocenters. The van der Waals surface area contributed by atoms with E-state index in [2.05, 4.69) is 32.7 Å². The summed E-state index contributed by atoms with van der Waals surface area (Å²) in [7, 11) is 0. The van der Waals surface area contributed by atoms with Gasteiger partial charge in [-0.3, -0.25) is 4.90 Å². The Balaban J connectivity index is 0.00000220. The molecule has 0 amide bonds. The predicted molar refractivity (Wildman–Crippen MR) is 102 cm³/mol. The Labute approximate surface area is 158 Å². The van der Waals surface area contributed by atoms with Gasteiger partial charge in [-0.25, -0.2) is 0 Å². The topological polar surface area (TPSA) is 35.5 Å². The van der Waals surface area contributed by atoms with Crippen LogP contribution in [0.3, 0.4) is 0 Å². The lowest BCUT2D eigenvalue weighted by molar-refractivity contribution is 0.163. The molecule has 0 spiro atoms. The van der Waals surface area contributed by atoms with E-state index in [-0.39, 0.29) is 36.6 Å². The molecular formula is C15H22BrCl3N2O. The van der Waals surface area contributed by atoms with Gasteiger partial charge in [0.15, 0.2) is 0 Å². The average molecular weight is 433 g/mol. The summed E-state index contributed by atoms with van der Waals surface area (Å²) in [6, 6.07) is 3.77. The molecule has 2 N–H and O–H groups in total. The first-order valence-electron chi connectivity index (χ1n) is 6.87. The first kappa shape index (κ1) is 22.0. The summed E-state index contributed by atoms with van der Waals surface area (Å²) in [4.78, 5) is 2.40. The normalized spacial score (nSPS) is 16.3. The lowest BCUT2D eigenvalue weighted by Gasteiger charge is -2.36. The van der Waals surface area contributed by atoms with Crippen molar-refractivity contribution in [2.45, 2.75) is 18.9 Å². The van der Waals surface area contributed by atoms with Crippen LogP contribution < -0.4 is 5.32 Å². The molecule has 0 aliphatic carbocycles. The zero-order chi connectivity index (χ0) is 14.5. The number of allylic oxidation sites excluding steroid dienone is 1. The summed E-state index contributed by atoms with van der Waals surface area (Å²) in [5, 5.41) is 14.1. The zero-order valence-electron chi connectivity index (χ0n) is 12.2. The maximum Gasteiger partial charge on any atom is 0.140 e. The Morgan fingerprint density at radius 1 is 1.36 bits per heavy atom. The van der Waals surface area contributed by atoms with Crippen molar-refractivity contribution in [1.29, 1.82) is 0 Å². The van der Waals surface area contributed by atoms with Crippen molar-refractivity contribution < 1.29 is 5.11 Å². The molecule has 3 nitrogen and oxygen atoms in total. The van der Waals surface area contributed by atoms with Gasteiger partial charge in [0.25, 0.3) is 0 Å². The third-order valence-corrected chi connectivity index (χ3v) is 4.68. The molecule has 1 heterocycles. The Bertz CT molecular complexity index is 482. The Kier molecular flexibility index (Phi) is 10.8.